The average Bonchev–Trinajstić information content (AvgIpc) is 2.43. The fraction of sp³-hybridized carbons (Fsp3) is 0.333. The van der Waals surface area contributed by atoms with Crippen molar-refractivity contribution in [3.05, 3.63) is 58.4 Å². The van der Waals surface area contributed by atoms with Crippen LogP contribution >= 0.6 is 11.6 Å². The van der Waals surface area contributed by atoms with Crippen LogP contribution in [0.15, 0.2) is 30.6 Å². The molecule has 0 aliphatic heterocycles. The maximum absolute atomic E-state index is 13.2. The van der Waals surface area contributed by atoms with Crippen molar-refractivity contribution in [3.63, 3.8) is 0 Å². The molecule has 20 heavy (non-hydrogen) atoms. The Balaban J connectivity index is 2.20. The van der Waals surface area contributed by atoms with Gasteiger partial charge in [0.1, 0.15) is 11.6 Å². The highest BCUT2D eigenvalue weighted by Gasteiger charge is 2.14. The van der Waals surface area contributed by atoms with E-state index in [1.807, 2.05) is 13.8 Å². The van der Waals surface area contributed by atoms with E-state index in [9.17, 15) is 4.39 Å². The van der Waals surface area contributed by atoms with Gasteiger partial charge >= 0.3 is 0 Å². The van der Waals surface area contributed by atoms with Crippen molar-refractivity contribution in [1.82, 2.24) is 15.3 Å². The lowest BCUT2D eigenvalue weighted by Gasteiger charge is -2.16. The SMILES string of the molecule is CCNC(Cc1ccc(F)c(Cl)c1)c1ncc(C)cn1. The van der Waals surface area contributed by atoms with Crippen molar-refractivity contribution in [2.24, 2.45) is 0 Å². The lowest BCUT2D eigenvalue weighted by Crippen LogP contribution is -2.25. The summed E-state index contributed by atoms with van der Waals surface area (Å²) in [6.07, 6.45) is 4.26. The second-order valence-corrected chi connectivity index (χ2v) is 5.09. The van der Waals surface area contributed by atoms with Crippen molar-refractivity contribution in [2.45, 2.75) is 26.3 Å². The second kappa shape index (κ2) is 6.77. The van der Waals surface area contributed by atoms with Gasteiger partial charge in [0, 0.05) is 12.4 Å². The van der Waals surface area contributed by atoms with Crippen LogP contribution < -0.4 is 5.32 Å². The lowest BCUT2D eigenvalue weighted by molar-refractivity contribution is 0.520. The molecule has 0 saturated heterocycles. The molecule has 106 valence electrons. The van der Waals surface area contributed by atoms with Crippen LogP contribution in [0.5, 0.6) is 0 Å². The quantitative estimate of drug-likeness (QED) is 0.917. The Hall–Kier alpha value is -1.52. The molecule has 1 aromatic heterocycles. The Kier molecular flexibility index (Phi) is 5.04. The number of hydrogen-bond acceptors (Lipinski definition) is 3. The maximum Gasteiger partial charge on any atom is 0.145 e. The Morgan fingerprint density at radius 3 is 2.60 bits per heavy atom. The van der Waals surface area contributed by atoms with Gasteiger partial charge in [-0.2, -0.15) is 0 Å². The number of likely N-dealkylation sites (N-methyl/N-ethyl adjacent to an activating group) is 1. The predicted octanol–water partition coefficient (Wildman–Crippen LogP) is 3.47. The first-order valence-electron chi connectivity index (χ1n) is 6.56. The molecule has 1 aromatic carbocycles. The van der Waals surface area contributed by atoms with Crippen LogP contribution in [0.4, 0.5) is 4.39 Å². The zero-order valence-electron chi connectivity index (χ0n) is 11.5. The molecular weight excluding hydrogens is 277 g/mol. The van der Waals surface area contributed by atoms with Crippen LogP contribution in [-0.4, -0.2) is 16.5 Å². The van der Waals surface area contributed by atoms with Crippen molar-refractivity contribution >= 4 is 11.6 Å². The number of hydrogen-bond donors (Lipinski definition) is 1. The largest absolute Gasteiger partial charge is 0.307 e. The van der Waals surface area contributed by atoms with Gasteiger partial charge in [-0.25, -0.2) is 14.4 Å². The summed E-state index contributed by atoms with van der Waals surface area (Å²) >= 11 is 5.81. The lowest BCUT2D eigenvalue weighted by atomic mass is 10.0. The van der Waals surface area contributed by atoms with E-state index in [-0.39, 0.29) is 11.1 Å². The van der Waals surface area contributed by atoms with E-state index in [0.717, 1.165) is 23.5 Å². The molecule has 1 atom stereocenters. The van der Waals surface area contributed by atoms with Crippen LogP contribution in [0.25, 0.3) is 0 Å². The Labute approximate surface area is 123 Å². The summed E-state index contributed by atoms with van der Waals surface area (Å²) in [5.41, 5.74) is 1.97. The summed E-state index contributed by atoms with van der Waals surface area (Å²) in [6, 6.07) is 4.76. The fourth-order valence-corrected chi connectivity index (χ4v) is 2.19. The molecule has 0 fully saturated rings. The maximum atomic E-state index is 13.2. The summed E-state index contributed by atoms with van der Waals surface area (Å²) in [5.74, 6) is 0.333. The Morgan fingerprint density at radius 2 is 2.00 bits per heavy atom. The number of rotatable bonds is 5. The van der Waals surface area contributed by atoms with Gasteiger partial charge in [0.25, 0.3) is 0 Å². The van der Waals surface area contributed by atoms with Gasteiger partial charge in [-0.3, -0.25) is 0 Å². The van der Waals surface area contributed by atoms with E-state index in [4.69, 9.17) is 11.6 Å². The third-order valence-corrected chi connectivity index (χ3v) is 3.28. The first-order valence-corrected chi connectivity index (χ1v) is 6.93. The van der Waals surface area contributed by atoms with Gasteiger partial charge in [0.15, 0.2) is 0 Å². The van der Waals surface area contributed by atoms with E-state index in [1.165, 1.54) is 6.07 Å². The molecular formula is C15H17ClFN3. The standard InChI is InChI=1S/C15H17ClFN3/c1-3-18-14(15-19-8-10(2)9-20-15)7-11-4-5-13(17)12(16)6-11/h4-6,8-9,14,18H,3,7H2,1-2H3. The van der Waals surface area contributed by atoms with Gasteiger partial charge < -0.3 is 5.32 Å². The van der Waals surface area contributed by atoms with E-state index >= 15 is 0 Å². The molecule has 1 N–H and O–H groups in total. The molecule has 0 aliphatic carbocycles. The van der Waals surface area contributed by atoms with Crippen molar-refractivity contribution in [3.8, 4) is 0 Å². The number of nitrogens with one attached hydrogen (secondary N) is 1. The van der Waals surface area contributed by atoms with Crippen molar-refractivity contribution in [2.75, 3.05) is 6.54 Å². The minimum atomic E-state index is -0.401. The molecule has 5 heteroatoms. The Morgan fingerprint density at radius 1 is 1.30 bits per heavy atom. The van der Waals surface area contributed by atoms with Crippen LogP contribution in [-0.2, 0) is 6.42 Å². The summed E-state index contributed by atoms with van der Waals surface area (Å²) in [5, 5.41) is 3.48. The number of benzene rings is 1. The van der Waals surface area contributed by atoms with Crippen LogP contribution in [0, 0.1) is 12.7 Å². The number of aromatic nitrogens is 2. The first-order chi connectivity index (χ1) is 9.60. The summed E-state index contributed by atoms with van der Waals surface area (Å²) in [4.78, 5) is 8.71. The minimum Gasteiger partial charge on any atom is -0.307 e. The fourth-order valence-electron chi connectivity index (χ4n) is 1.99. The van der Waals surface area contributed by atoms with Crippen LogP contribution in [0.3, 0.4) is 0 Å². The van der Waals surface area contributed by atoms with Crippen LogP contribution in [0.1, 0.15) is 29.9 Å². The molecule has 0 saturated carbocycles. The minimum absolute atomic E-state index is 0.0119. The molecule has 0 radical (unpaired) electrons. The molecule has 2 aromatic rings. The predicted molar refractivity (Wildman–Crippen MR) is 78.3 cm³/mol. The number of nitrogens with zero attached hydrogens (tertiary/aromatic N) is 2. The van der Waals surface area contributed by atoms with E-state index in [1.54, 1.807) is 24.5 Å². The third-order valence-electron chi connectivity index (χ3n) is 2.99. The molecule has 1 heterocycles. The molecule has 3 nitrogen and oxygen atoms in total. The highest BCUT2D eigenvalue weighted by Crippen LogP contribution is 2.20. The smallest absolute Gasteiger partial charge is 0.145 e. The summed E-state index contributed by atoms with van der Waals surface area (Å²) in [6.45, 7) is 4.78. The number of halogens is 2. The molecule has 1 unspecified atom stereocenters. The third kappa shape index (κ3) is 3.74. The van der Waals surface area contributed by atoms with E-state index < -0.39 is 5.82 Å². The van der Waals surface area contributed by atoms with Gasteiger partial charge in [0.2, 0.25) is 0 Å². The van der Waals surface area contributed by atoms with E-state index in [2.05, 4.69) is 15.3 Å². The Bertz CT molecular complexity index is 572. The average molecular weight is 294 g/mol. The summed E-state index contributed by atoms with van der Waals surface area (Å²) < 4.78 is 13.2. The molecule has 0 aliphatic rings. The van der Waals surface area contributed by atoms with Gasteiger partial charge in [-0.05, 0) is 43.1 Å². The zero-order chi connectivity index (χ0) is 14.5. The van der Waals surface area contributed by atoms with Crippen molar-refractivity contribution < 1.29 is 4.39 Å². The normalized spacial score (nSPS) is 12.4. The van der Waals surface area contributed by atoms with E-state index in [0.29, 0.717) is 6.42 Å². The molecule has 0 amide bonds. The highest BCUT2D eigenvalue weighted by atomic mass is 35.5. The summed E-state index contributed by atoms with van der Waals surface area (Å²) in [7, 11) is 0. The topological polar surface area (TPSA) is 37.8 Å². The number of aryl methyl sites for hydroxylation is 1. The molecule has 0 bridgehead atoms. The van der Waals surface area contributed by atoms with Gasteiger partial charge in [-0.15, -0.1) is 0 Å². The monoisotopic (exact) mass is 293 g/mol. The van der Waals surface area contributed by atoms with Crippen LogP contribution in [0.2, 0.25) is 5.02 Å². The highest BCUT2D eigenvalue weighted by molar-refractivity contribution is 6.30. The molecule has 2 rings (SSSR count). The second-order valence-electron chi connectivity index (χ2n) is 4.68. The van der Waals surface area contributed by atoms with Gasteiger partial charge in [0.05, 0.1) is 11.1 Å². The zero-order valence-corrected chi connectivity index (χ0v) is 12.3. The first kappa shape index (κ1) is 14.9. The van der Waals surface area contributed by atoms with Gasteiger partial charge in [-0.1, -0.05) is 24.6 Å². The molecule has 0 spiro atoms. The van der Waals surface area contributed by atoms with Crippen molar-refractivity contribution in [1.29, 1.82) is 0 Å².